The van der Waals surface area contributed by atoms with E-state index >= 15 is 0 Å². The molecule has 0 spiro atoms. The SMILES string of the molecule is O=C(O)CC1SC(=NN=Cc2ccccc2-c2ccc([N+](=O)[O-])cc2)NC1=O. The molecular weight excluding hydrogens is 384 g/mol. The Kier molecular flexibility index (Phi) is 5.80. The van der Waals surface area contributed by atoms with Gasteiger partial charge in [0.1, 0.15) is 5.25 Å². The molecule has 0 bridgehead atoms. The topological polar surface area (TPSA) is 134 Å². The zero-order chi connectivity index (χ0) is 20.1. The van der Waals surface area contributed by atoms with Crippen LogP contribution in [0.5, 0.6) is 0 Å². The van der Waals surface area contributed by atoms with Crippen LogP contribution in [0.1, 0.15) is 12.0 Å². The first kappa shape index (κ1) is 19.2. The maximum Gasteiger partial charge on any atom is 0.305 e. The number of nitro groups is 1. The molecule has 2 aromatic carbocycles. The molecule has 1 unspecified atom stereocenters. The number of amides is 1. The van der Waals surface area contributed by atoms with Crippen molar-refractivity contribution in [2.45, 2.75) is 11.7 Å². The highest BCUT2D eigenvalue weighted by Crippen LogP contribution is 2.25. The number of rotatable bonds is 6. The Morgan fingerprint density at radius 3 is 2.64 bits per heavy atom. The van der Waals surface area contributed by atoms with Crippen molar-refractivity contribution in [3.8, 4) is 11.1 Å². The number of non-ortho nitro benzene ring substituents is 1. The summed E-state index contributed by atoms with van der Waals surface area (Å²) in [6.07, 6.45) is 1.21. The Labute approximate surface area is 163 Å². The zero-order valence-corrected chi connectivity index (χ0v) is 15.1. The molecule has 0 radical (unpaired) electrons. The average molecular weight is 398 g/mol. The Hall–Kier alpha value is -3.53. The number of hydrogen-bond acceptors (Lipinski definition) is 7. The minimum absolute atomic E-state index is 0.00575. The van der Waals surface area contributed by atoms with E-state index in [-0.39, 0.29) is 17.3 Å². The molecule has 10 heteroatoms. The van der Waals surface area contributed by atoms with Crippen LogP contribution in [-0.4, -0.2) is 38.5 Å². The number of carboxylic acid groups (broad SMARTS) is 1. The van der Waals surface area contributed by atoms with Gasteiger partial charge in [-0.3, -0.25) is 19.7 Å². The van der Waals surface area contributed by atoms with Crippen molar-refractivity contribution in [2.75, 3.05) is 0 Å². The van der Waals surface area contributed by atoms with Crippen molar-refractivity contribution >= 4 is 40.7 Å². The molecule has 2 aromatic rings. The van der Waals surface area contributed by atoms with Crippen LogP contribution in [0.4, 0.5) is 5.69 Å². The van der Waals surface area contributed by atoms with Crippen LogP contribution in [0.15, 0.2) is 58.7 Å². The number of nitro benzene ring substituents is 1. The van der Waals surface area contributed by atoms with E-state index in [4.69, 9.17) is 5.11 Å². The van der Waals surface area contributed by atoms with Crippen molar-refractivity contribution in [3.63, 3.8) is 0 Å². The smallest absolute Gasteiger partial charge is 0.305 e. The molecule has 9 nitrogen and oxygen atoms in total. The lowest BCUT2D eigenvalue weighted by atomic mass is 10.0. The third-order valence-corrected chi connectivity index (χ3v) is 4.90. The number of hydrogen-bond donors (Lipinski definition) is 2. The van der Waals surface area contributed by atoms with Crippen LogP contribution in [0, 0.1) is 10.1 Å². The standard InChI is InChI=1S/C18H14N4O5S/c23-16(24)9-15-17(25)20-18(28-15)21-19-10-12-3-1-2-4-14(12)11-5-7-13(8-6-11)22(26)27/h1-8,10,15H,9H2,(H,23,24)(H,20,21,25). The third-order valence-electron chi connectivity index (χ3n) is 3.83. The fourth-order valence-corrected chi connectivity index (χ4v) is 3.44. The van der Waals surface area contributed by atoms with Gasteiger partial charge in [0, 0.05) is 17.7 Å². The molecule has 28 heavy (non-hydrogen) atoms. The van der Waals surface area contributed by atoms with Crippen molar-refractivity contribution in [3.05, 3.63) is 64.2 Å². The minimum Gasteiger partial charge on any atom is -0.481 e. The first-order valence-electron chi connectivity index (χ1n) is 8.08. The van der Waals surface area contributed by atoms with E-state index in [2.05, 4.69) is 15.5 Å². The van der Waals surface area contributed by atoms with E-state index in [0.29, 0.717) is 0 Å². The molecule has 0 saturated carbocycles. The summed E-state index contributed by atoms with van der Waals surface area (Å²) in [5, 5.41) is 29.5. The van der Waals surface area contributed by atoms with Crippen molar-refractivity contribution in [1.82, 2.24) is 5.32 Å². The molecule has 1 atom stereocenters. The first-order valence-corrected chi connectivity index (χ1v) is 8.96. The van der Waals surface area contributed by atoms with Gasteiger partial charge in [-0.25, -0.2) is 0 Å². The van der Waals surface area contributed by atoms with E-state index in [1.54, 1.807) is 12.1 Å². The zero-order valence-electron chi connectivity index (χ0n) is 14.3. The molecular formula is C18H14N4O5S. The Bertz CT molecular complexity index is 988. The van der Waals surface area contributed by atoms with Crippen LogP contribution in [0.25, 0.3) is 11.1 Å². The van der Waals surface area contributed by atoms with Gasteiger partial charge in [-0.2, -0.15) is 5.10 Å². The molecule has 1 aliphatic heterocycles. The predicted octanol–water partition coefficient (Wildman–Crippen LogP) is 2.66. The summed E-state index contributed by atoms with van der Waals surface area (Å²) in [5.74, 6) is -1.47. The van der Waals surface area contributed by atoms with Gasteiger partial charge in [0.05, 0.1) is 17.6 Å². The normalized spacial score (nSPS) is 17.8. The lowest BCUT2D eigenvalue weighted by Gasteiger charge is -2.05. The highest BCUT2D eigenvalue weighted by molar-refractivity contribution is 8.15. The number of thioether (sulfide) groups is 1. The summed E-state index contributed by atoms with van der Waals surface area (Å²) in [5.41, 5.74) is 2.34. The van der Waals surface area contributed by atoms with Crippen molar-refractivity contribution < 1.29 is 19.6 Å². The second kappa shape index (κ2) is 8.44. The lowest BCUT2D eigenvalue weighted by molar-refractivity contribution is -0.384. The molecule has 1 amide bonds. The predicted molar refractivity (Wildman–Crippen MR) is 105 cm³/mol. The van der Waals surface area contributed by atoms with Gasteiger partial charge in [0.25, 0.3) is 5.69 Å². The number of aliphatic carboxylic acids is 1. The van der Waals surface area contributed by atoms with Crippen LogP contribution in [0.2, 0.25) is 0 Å². The summed E-state index contributed by atoms with van der Waals surface area (Å²) >= 11 is 1.02. The summed E-state index contributed by atoms with van der Waals surface area (Å²) in [6, 6.07) is 13.5. The van der Waals surface area contributed by atoms with Crippen LogP contribution >= 0.6 is 11.8 Å². The first-order chi connectivity index (χ1) is 13.4. The monoisotopic (exact) mass is 398 g/mol. The van der Waals surface area contributed by atoms with Crippen molar-refractivity contribution in [1.29, 1.82) is 0 Å². The fourth-order valence-electron chi connectivity index (χ4n) is 2.52. The van der Waals surface area contributed by atoms with Gasteiger partial charge in [-0.05, 0) is 23.3 Å². The number of amidine groups is 1. The van der Waals surface area contributed by atoms with E-state index in [1.807, 2.05) is 24.3 Å². The quantitative estimate of drug-likeness (QED) is 0.436. The highest BCUT2D eigenvalue weighted by atomic mass is 32.2. The molecule has 0 aliphatic carbocycles. The van der Waals surface area contributed by atoms with Crippen molar-refractivity contribution in [2.24, 2.45) is 10.2 Å². The minimum atomic E-state index is -1.06. The number of benzene rings is 2. The van der Waals surface area contributed by atoms with Crippen LogP contribution < -0.4 is 5.32 Å². The van der Waals surface area contributed by atoms with E-state index in [1.165, 1.54) is 18.3 Å². The number of carbonyl (C=O) groups is 2. The molecule has 2 N–H and O–H groups in total. The Balaban J connectivity index is 1.77. The van der Waals surface area contributed by atoms with E-state index < -0.39 is 22.0 Å². The number of carbonyl (C=O) groups excluding carboxylic acids is 1. The number of nitrogens with one attached hydrogen (secondary N) is 1. The van der Waals surface area contributed by atoms with Gasteiger partial charge in [0.2, 0.25) is 5.91 Å². The van der Waals surface area contributed by atoms with E-state index in [0.717, 1.165) is 28.5 Å². The van der Waals surface area contributed by atoms with Gasteiger partial charge in [0.15, 0.2) is 5.17 Å². The largest absolute Gasteiger partial charge is 0.481 e. The third kappa shape index (κ3) is 4.60. The summed E-state index contributed by atoms with van der Waals surface area (Å²) in [6.45, 7) is 0. The van der Waals surface area contributed by atoms with Gasteiger partial charge in [-0.15, -0.1) is 5.10 Å². The molecule has 142 valence electrons. The summed E-state index contributed by atoms with van der Waals surface area (Å²) in [4.78, 5) is 32.8. The maximum atomic E-state index is 11.7. The summed E-state index contributed by atoms with van der Waals surface area (Å²) in [7, 11) is 0. The molecule has 1 heterocycles. The summed E-state index contributed by atoms with van der Waals surface area (Å²) < 4.78 is 0. The Morgan fingerprint density at radius 1 is 1.25 bits per heavy atom. The molecule has 3 rings (SSSR count). The van der Waals surface area contributed by atoms with Crippen LogP contribution in [0.3, 0.4) is 0 Å². The molecule has 0 aromatic heterocycles. The molecule has 1 saturated heterocycles. The highest BCUT2D eigenvalue weighted by Gasteiger charge is 2.32. The number of carboxylic acids is 1. The maximum absolute atomic E-state index is 11.7. The number of nitrogens with zero attached hydrogens (tertiary/aromatic N) is 3. The van der Waals surface area contributed by atoms with Gasteiger partial charge < -0.3 is 10.4 Å². The van der Waals surface area contributed by atoms with Gasteiger partial charge >= 0.3 is 5.97 Å². The van der Waals surface area contributed by atoms with Gasteiger partial charge in [-0.1, -0.05) is 36.0 Å². The lowest BCUT2D eigenvalue weighted by Crippen LogP contribution is -2.26. The van der Waals surface area contributed by atoms with Crippen LogP contribution in [-0.2, 0) is 9.59 Å². The molecule has 1 aliphatic rings. The second-order valence-corrected chi connectivity index (χ2v) is 6.93. The molecule has 1 fully saturated rings. The van der Waals surface area contributed by atoms with E-state index in [9.17, 15) is 19.7 Å². The fraction of sp³-hybridized carbons (Fsp3) is 0.111. The Morgan fingerprint density at radius 2 is 1.96 bits per heavy atom. The second-order valence-electron chi connectivity index (χ2n) is 5.73. The average Bonchev–Trinajstić information content (AvgIpc) is 3.01.